The van der Waals surface area contributed by atoms with Gasteiger partial charge in [-0.3, -0.25) is 4.79 Å². The Kier molecular flexibility index (Phi) is 5.11. The van der Waals surface area contributed by atoms with Gasteiger partial charge in [0.25, 0.3) is 5.91 Å². The van der Waals surface area contributed by atoms with Crippen LogP contribution in [0.2, 0.25) is 5.02 Å². The molecule has 1 rings (SSSR count). The molecule has 5 heteroatoms. The summed E-state index contributed by atoms with van der Waals surface area (Å²) in [6.07, 6.45) is 1.15. The highest BCUT2D eigenvalue weighted by Gasteiger charge is 2.24. The van der Waals surface area contributed by atoms with Crippen LogP contribution in [-0.2, 0) is 0 Å². The second-order valence-corrected chi connectivity index (χ2v) is 4.88. The molecule has 0 bridgehead atoms. The topological polar surface area (TPSA) is 49.3 Å². The molecule has 3 nitrogen and oxygen atoms in total. The summed E-state index contributed by atoms with van der Waals surface area (Å²) in [7, 11) is 0. The van der Waals surface area contributed by atoms with Crippen LogP contribution >= 0.6 is 11.6 Å². The lowest BCUT2D eigenvalue weighted by molar-refractivity contribution is 0.0886. The summed E-state index contributed by atoms with van der Waals surface area (Å²) in [5.41, 5.74) is -0.175. The lowest BCUT2D eigenvalue weighted by Crippen LogP contribution is -2.46. The van der Waals surface area contributed by atoms with E-state index in [1.165, 1.54) is 12.1 Å². The van der Waals surface area contributed by atoms with Crippen molar-refractivity contribution in [2.45, 2.75) is 32.2 Å². The first-order chi connectivity index (χ1) is 8.41. The van der Waals surface area contributed by atoms with Crippen LogP contribution in [0.5, 0.6) is 0 Å². The molecule has 0 fully saturated rings. The van der Waals surface area contributed by atoms with Gasteiger partial charge >= 0.3 is 0 Å². The molecule has 0 heterocycles. The Bertz CT molecular complexity index is 439. The Morgan fingerprint density at radius 2 is 2.22 bits per heavy atom. The third-order valence-electron chi connectivity index (χ3n) is 3.04. The largest absolute Gasteiger partial charge is 0.396 e. The Morgan fingerprint density at radius 3 is 2.72 bits per heavy atom. The molecular formula is C13H17ClFNO2. The van der Waals surface area contributed by atoms with Crippen LogP contribution < -0.4 is 5.32 Å². The number of amides is 1. The zero-order chi connectivity index (χ0) is 13.8. The quantitative estimate of drug-likeness (QED) is 0.867. The molecule has 0 aromatic heterocycles. The number of hydrogen-bond donors (Lipinski definition) is 2. The van der Waals surface area contributed by atoms with E-state index in [0.29, 0.717) is 18.4 Å². The molecule has 1 amide bonds. The second-order valence-electron chi connectivity index (χ2n) is 4.47. The standard InChI is InChI=1S/C13H17ClFNO2/c1-3-13(2,6-7-17)16-12(18)9-4-5-11(15)10(14)8-9/h4-5,8,17H,3,6-7H2,1-2H3,(H,16,18). The molecular weight excluding hydrogens is 257 g/mol. The average Bonchev–Trinajstić information content (AvgIpc) is 2.32. The first kappa shape index (κ1) is 14.9. The van der Waals surface area contributed by atoms with Crippen LogP contribution in [0.4, 0.5) is 4.39 Å². The molecule has 0 aliphatic carbocycles. The Balaban J connectivity index is 2.84. The maximum atomic E-state index is 13.0. The Labute approximate surface area is 111 Å². The summed E-state index contributed by atoms with van der Waals surface area (Å²) in [5, 5.41) is 11.7. The Hall–Kier alpha value is -1.13. The van der Waals surface area contributed by atoms with Crippen LogP contribution in [0.3, 0.4) is 0 Å². The highest BCUT2D eigenvalue weighted by atomic mass is 35.5. The minimum atomic E-state index is -0.554. The van der Waals surface area contributed by atoms with Gasteiger partial charge in [-0.25, -0.2) is 4.39 Å². The predicted octanol–water partition coefficient (Wildman–Crippen LogP) is 2.76. The second kappa shape index (κ2) is 6.16. The van der Waals surface area contributed by atoms with Crippen molar-refractivity contribution in [1.82, 2.24) is 5.32 Å². The van der Waals surface area contributed by atoms with Gasteiger partial charge in [0.2, 0.25) is 0 Å². The number of benzene rings is 1. The molecule has 0 aliphatic rings. The molecule has 0 spiro atoms. The fourth-order valence-corrected chi connectivity index (χ4v) is 1.74. The molecule has 100 valence electrons. The fraction of sp³-hybridized carbons (Fsp3) is 0.462. The van der Waals surface area contributed by atoms with Gasteiger partial charge in [0.1, 0.15) is 5.82 Å². The summed E-state index contributed by atoms with van der Waals surface area (Å²) in [6.45, 7) is 3.77. The number of aliphatic hydroxyl groups is 1. The van der Waals surface area contributed by atoms with E-state index in [4.69, 9.17) is 16.7 Å². The van der Waals surface area contributed by atoms with Gasteiger partial charge in [-0.15, -0.1) is 0 Å². The third kappa shape index (κ3) is 3.68. The van der Waals surface area contributed by atoms with Crippen molar-refractivity contribution in [3.8, 4) is 0 Å². The van der Waals surface area contributed by atoms with E-state index in [2.05, 4.69) is 5.32 Å². The number of hydrogen-bond acceptors (Lipinski definition) is 2. The van der Waals surface area contributed by atoms with Gasteiger partial charge in [-0.05, 0) is 38.0 Å². The molecule has 1 unspecified atom stereocenters. The summed E-state index contributed by atoms with van der Waals surface area (Å²) < 4.78 is 13.0. The van der Waals surface area contributed by atoms with Crippen molar-refractivity contribution in [1.29, 1.82) is 0 Å². The molecule has 18 heavy (non-hydrogen) atoms. The highest BCUT2D eigenvalue weighted by Crippen LogP contribution is 2.18. The normalized spacial score (nSPS) is 14.1. The highest BCUT2D eigenvalue weighted by molar-refractivity contribution is 6.31. The van der Waals surface area contributed by atoms with E-state index < -0.39 is 11.4 Å². The molecule has 0 aliphatic heterocycles. The first-order valence-corrected chi connectivity index (χ1v) is 6.18. The molecule has 1 atom stereocenters. The Morgan fingerprint density at radius 1 is 1.56 bits per heavy atom. The van der Waals surface area contributed by atoms with E-state index in [1.54, 1.807) is 0 Å². The SMILES string of the molecule is CCC(C)(CCO)NC(=O)c1ccc(F)c(Cl)c1. The smallest absolute Gasteiger partial charge is 0.251 e. The molecule has 1 aromatic carbocycles. The number of rotatable bonds is 5. The van der Waals surface area contributed by atoms with Crippen molar-refractivity contribution in [2.24, 2.45) is 0 Å². The number of carbonyl (C=O) groups is 1. The van der Waals surface area contributed by atoms with Crippen LogP contribution in [-0.4, -0.2) is 23.2 Å². The van der Waals surface area contributed by atoms with E-state index in [1.807, 2.05) is 13.8 Å². The van der Waals surface area contributed by atoms with Gasteiger partial charge in [0.05, 0.1) is 5.02 Å². The predicted molar refractivity (Wildman–Crippen MR) is 69.3 cm³/mol. The monoisotopic (exact) mass is 273 g/mol. The molecule has 1 aromatic rings. The maximum Gasteiger partial charge on any atom is 0.251 e. The van der Waals surface area contributed by atoms with Gasteiger partial charge in [0, 0.05) is 17.7 Å². The fourth-order valence-electron chi connectivity index (χ4n) is 1.56. The van der Waals surface area contributed by atoms with E-state index in [9.17, 15) is 9.18 Å². The summed E-state index contributed by atoms with van der Waals surface area (Å²) >= 11 is 5.63. The minimum absolute atomic E-state index is 0.00516. The number of halogens is 2. The lowest BCUT2D eigenvalue weighted by atomic mass is 9.94. The summed E-state index contributed by atoms with van der Waals surface area (Å²) in [6, 6.07) is 3.83. The van der Waals surface area contributed by atoms with Gasteiger partial charge in [-0.2, -0.15) is 0 Å². The van der Waals surface area contributed by atoms with Crippen molar-refractivity contribution in [2.75, 3.05) is 6.61 Å². The van der Waals surface area contributed by atoms with E-state index in [0.717, 1.165) is 6.07 Å². The van der Waals surface area contributed by atoms with Crippen LogP contribution in [0.1, 0.15) is 37.0 Å². The van der Waals surface area contributed by atoms with E-state index in [-0.39, 0.29) is 17.5 Å². The van der Waals surface area contributed by atoms with Gasteiger partial charge in [0.15, 0.2) is 0 Å². The number of carbonyl (C=O) groups excluding carboxylic acids is 1. The summed E-state index contributed by atoms with van der Waals surface area (Å²) in [5.74, 6) is -0.878. The van der Waals surface area contributed by atoms with Crippen molar-refractivity contribution in [3.63, 3.8) is 0 Å². The molecule has 0 radical (unpaired) electrons. The van der Waals surface area contributed by atoms with Crippen molar-refractivity contribution >= 4 is 17.5 Å². The van der Waals surface area contributed by atoms with Gasteiger partial charge < -0.3 is 10.4 Å². The van der Waals surface area contributed by atoms with Crippen LogP contribution in [0, 0.1) is 5.82 Å². The average molecular weight is 274 g/mol. The number of nitrogens with one attached hydrogen (secondary N) is 1. The molecule has 0 saturated carbocycles. The van der Waals surface area contributed by atoms with Crippen molar-refractivity contribution < 1.29 is 14.3 Å². The lowest BCUT2D eigenvalue weighted by Gasteiger charge is -2.29. The zero-order valence-corrected chi connectivity index (χ0v) is 11.2. The van der Waals surface area contributed by atoms with E-state index >= 15 is 0 Å². The minimum Gasteiger partial charge on any atom is -0.396 e. The zero-order valence-electron chi connectivity index (χ0n) is 10.5. The third-order valence-corrected chi connectivity index (χ3v) is 3.33. The maximum absolute atomic E-state index is 13.0. The summed E-state index contributed by atoms with van der Waals surface area (Å²) in [4.78, 5) is 12.0. The van der Waals surface area contributed by atoms with Crippen LogP contribution in [0.15, 0.2) is 18.2 Å². The molecule has 2 N–H and O–H groups in total. The first-order valence-electron chi connectivity index (χ1n) is 5.80. The van der Waals surface area contributed by atoms with Gasteiger partial charge in [-0.1, -0.05) is 18.5 Å². The van der Waals surface area contributed by atoms with Crippen molar-refractivity contribution in [3.05, 3.63) is 34.6 Å². The molecule has 0 saturated heterocycles. The van der Waals surface area contributed by atoms with Crippen LogP contribution in [0.25, 0.3) is 0 Å². The number of aliphatic hydroxyl groups excluding tert-OH is 1.